The fourth-order valence-electron chi connectivity index (χ4n) is 3.60. The smallest absolute Gasteiger partial charge is 0.0686 e. The van der Waals surface area contributed by atoms with Crippen molar-refractivity contribution < 1.29 is 4.74 Å². The highest BCUT2D eigenvalue weighted by atomic mass is 16.5. The first-order valence-corrected chi connectivity index (χ1v) is 7.43. The second kappa shape index (κ2) is 4.88. The summed E-state index contributed by atoms with van der Waals surface area (Å²) in [5.41, 5.74) is 10.1. The molecule has 2 heterocycles. The molecule has 2 N–H and O–H groups in total. The first kappa shape index (κ1) is 13.1. The lowest BCUT2D eigenvalue weighted by atomic mass is 9.70. The quantitative estimate of drug-likeness (QED) is 0.889. The summed E-state index contributed by atoms with van der Waals surface area (Å²) < 4.78 is 6.00. The molecule has 1 aliphatic heterocycles. The zero-order valence-corrected chi connectivity index (χ0v) is 12.0. The van der Waals surface area contributed by atoms with Crippen molar-refractivity contribution in [3.05, 3.63) is 29.1 Å². The zero-order chi connectivity index (χ0) is 13.5. The summed E-state index contributed by atoms with van der Waals surface area (Å²) in [6.07, 6.45) is 5.97. The molecular formula is C16H24N2O. The predicted octanol–water partition coefficient (Wildman–Crippen LogP) is 3.05. The lowest BCUT2D eigenvalue weighted by Gasteiger charge is -2.48. The second-order valence-corrected chi connectivity index (χ2v) is 6.29. The van der Waals surface area contributed by atoms with Gasteiger partial charge in [-0.25, -0.2) is 0 Å². The first-order chi connectivity index (χ1) is 9.10. The first-order valence-electron chi connectivity index (χ1n) is 7.43. The van der Waals surface area contributed by atoms with E-state index in [0.717, 1.165) is 30.8 Å². The molecule has 2 atom stereocenters. The minimum Gasteiger partial charge on any atom is -0.375 e. The van der Waals surface area contributed by atoms with Crippen molar-refractivity contribution in [1.82, 2.24) is 4.98 Å². The lowest BCUT2D eigenvalue weighted by molar-refractivity contribution is -0.146. The Balaban J connectivity index is 1.77. The normalized spacial score (nSPS) is 27.0. The summed E-state index contributed by atoms with van der Waals surface area (Å²) >= 11 is 0. The van der Waals surface area contributed by atoms with E-state index in [0.29, 0.717) is 5.92 Å². The molecule has 1 aliphatic carbocycles. The average molecular weight is 260 g/mol. The van der Waals surface area contributed by atoms with E-state index in [9.17, 15) is 0 Å². The predicted molar refractivity (Wildman–Crippen MR) is 75.9 cm³/mol. The van der Waals surface area contributed by atoms with Gasteiger partial charge in [0.25, 0.3) is 0 Å². The van der Waals surface area contributed by atoms with Crippen molar-refractivity contribution in [3.8, 4) is 0 Å². The van der Waals surface area contributed by atoms with E-state index in [-0.39, 0.29) is 11.6 Å². The Kier molecular flexibility index (Phi) is 3.35. The Labute approximate surface area is 115 Å². The fraction of sp³-hybridized carbons (Fsp3) is 0.688. The summed E-state index contributed by atoms with van der Waals surface area (Å²) in [6.45, 7) is 4.97. The minimum atomic E-state index is 0.106. The number of hydrogen-bond donors (Lipinski definition) is 1. The van der Waals surface area contributed by atoms with Crippen LogP contribution in [0.1, 0.15) is 55.1 Å². The molecule has 2 aliphatic rings. The third-order valence-corrected chi connectivity index (χ3v) is 4.93. The Bertz CT molecular complexity index is 468. The van der Waals surface area contributed by atoms with Crippen LogP contribution in [0.3, 0.4) is 0 Å². The molecule has 0 bridgehead atoms. The van der Waals surface area contributed by atoms with Crippen LogP contribution in [0.4, 0.5) is 0 Å². The molecule has 1 spiro atoms. The van der Waals surface area contributed by atoms with Crippen molar-refractivity contribution >= 4 is 0 Å². The van der Waals surface area contributed by atoms with Crippen LogP contribution in [-0.2, 0) is 4.74 Å². The number of nitrogens with zero attached hydrogens (tertiary/aromatic N) is 1. The van der Waals surface area contributed by atoms with E-state index in [1.54, 1.807) is 0 Å². The molecule has 1 aromatic heterocycles. The van der Waals surface area contributed by atoms with Gasteiger partial charge in [0.15, 0.2) is 0 Å². The van der Waals surface area contributed by atoms with Gasteiger partial charge in [0.1, 0.15) is 0 Å². The fourth-order valence-corrected chi connectivity index (χ4v) is 3.60. The Morgan fingerprint density at radius 2 is 2.16 bits per heavy atom. The van der Waals surface area contributed by atoms with Crippen LogP contribution in [0.5, 0.6) is 0 Å². The van der Waals surface area contributed by atoms with E-state index in [1.165, 1.54) is 24.8 Å². The zero-order valence-electron chi connectivity index (χ0n) is 12.0. The van der Waals surface area contributed by atoms with Gasteiger partial charge < -0.3 is 10.5 Å². The van der Waals surface area contributed by atoms with Crippen LogP contribution >= 0.6 is 0 Å². The molecule has 1 saturated carbocycles. The molecule has 104 valence electrons. The molecule has 2 unspecified atom stereocenters. The van der Waals surface area contributed by atoms with Crippen LogP contribution in [0.25, 0.3) is 0 Å². The molecule has 3 nitrogen and oxygen atoms in total. The van der Waals surface area contributed by atoms with Crippen molar-refractivity contribution in [1.29, 1.82) is 0 Å². The van der Waals surface area contributed by atoms with Gasteiger partial charge in [0.05, 0.1) is 5.60 Å². The van der Waals surface area contributed by atoms with Gasteiger partial charge in [-0.2, -0.15) is 0 Å². The maximum Gasteiger partial charge on any atom is 0.0686 e. The molecule has 0 aromatic carbocycles. The maximum absolute atomic E-state index is 6.52. The van der Waals surface area contributed by atoms with Gasteiger partial charge >= 0.3 is 0 Å². The molecule has 2 fully saturated rings. The third-order valence-electron chi connectivity index (χ3n) is 4.93. The molecule has 1 aromatic rings. The molecule has 3 rings (SSSR count). The lowest BCUT2D eigenvalue weighted by Crippen LogP contribution is -2.47. The Morgan fingerprint density at radius 3 is 2.79 bits per heavy atom. The highest BCUT2D eigenvalue weighted by Gasteiger charge is 2.44. The van der Waals surface area contributed by atoms with Gasteiger partial charge in [0.2, 0.25) is 0 Å². The molecule has 3 heteroatoms. The summed E-state index contributed by atoms with van der Waals surface area (Å²) in [7, 11) is 0. The maximum atomic E-state index is 6.52. The number of aryl methyl sites for hydroxylation is 2. The number of pyridine rings is 1. The van der Waals surface area contributed by atoms with Crippen LogP contribution in [0.15, 0.2) is 12.1 Å². The highest BCUT2D eigenvalue weighted by Crippen LogP contribution is 2.46. The topological polar surface area (TPSA) is 48.1 Å². The molecular weight excluding hydrogens is 236 g/mol. The summed E-state index contributed by atoms with van der Waals surface area (Å²) in [6, 6.07) is 4.33. The second-order valence-electron chi connectivity index (χ2n) is 6.29. The largest absolute Gasteiger partial charge is 0.375 e. The molecule has 19 heavy (non-hydrogen) atoms. The summed E-state index contributed by atoms with van der Waals surface area (Å²) in [5, 5.41) is 0. The van der Waals surface area contributed by atoms with Crippen LogP contribution < -0.4 is 5.73 Å². The average Bonchev–Trinajstić information content (AvgIpc) is 2.36. The summed E-state index contributed by atoms with van der Waals surface area (Å²) in [4.78, 5) is 4.55. The molecule has 0 amide bonds. The van der Waals surface area contributed by atoms with Crippen molar-refractivity contribution in [2.75, 3.05) is 6.61 Å². The monoisotopic (exact) mass is 260 g/mol. The Morgan fingerprint density at radius 1 is 1.37 bits per heavy atom. The van der Waals surface area contributed by atoms with Gasteiger partial charge in [-0.1, -0.05) is 6.07 Å². The SMILES string of the molecule is Cc1ccc(C(N)C2CCOC3(CCC3)C2)c(C)n1. The van der Waals surface area contributed by atoms with Crippen LogP contribution in [-0.4, -0.2) is 17.2 Å². The van der Waals surface area contributed by atoms with E-state index in [1.807, 2.05) is 6.92 Å². The number of nitrogens with two attached hydrogens (primary N) is 1. The van der Waals surface area contributed by atoms with Gasteiger partial charge in [-0.15, -0.1) is 0 Å². The standard InChI is InChI=1S/C16H24N2O/c1-11-4-5-14(12(2)18-11)15(17)13-6-9-19-16(10-13)7-3-8-16/h4-5,13,15H,3,6-10,17H2,1-2H3. The Hall–Kier alpha value is -0.930. The van der Waals surface area contributed by atoms with Crippen LogP contribution in [0, 0.1) is 19.8 Å². The number of rotatable bonds is 2. The minimum absolute atomic E-state index is 0.106. The van der Waals surface area contributed by atoms with Crippen molar-refractivity contribution in [2.45, 2.75) is 57.6 Å². The number of aromatic nitrogens is 1. The van der Waals surface area contributed by atoms with E-state index in [2.05, 4.69) is 24.0 Å². The van der Waals surface area contributed by atoms with Crippen LogP contribution in [0.2, 0.25) is 0 Å². The van der Waals surface area contributed by atoms with Gasteiger partial charge in [-0.3, -0.25) is 4.98 Å². The molecule has 0 radical (unpaired) electrons. The van der Waals surface area contributed by atoms with E-state index in [4.69, 9.17) is 10.5 Å². The van der Waals surface area contributed by atoms with E-state index >= 15 is 0 Å². The third kappa shape index (κ3) is 2.41. The van der Waals surface area contributed by atoms with Gasteiger partial charge in [0, 0.05) is 24.0 Å². The number of hydrogen-bond acceptors (Lipinski definition) is 3. The summed E-state index contributed by atoms with van der Waals surface area (Å²) in [5.74, 6) is 0.539. The van der Waals surface area contributed by atoms with Crippen molar-refractivity contribution in [3.63, 3.8) is 0 Å². The van der Waals surface area contributed by atoms with E-state index < -0.39 is 0 Å². The van der Waals surface area contributed by atoms with Crippen molar-refractivity contribution in [2.24, 2.45) is 11.7 Å². The van der Waals surface area contributed by atoms with Gasteiger partial charge in [-0.05, 0) is 63.5 Å². The molecule has 1 saturated heterocycles. The number of ether oxygens (including phenoxy) is 1. The highest BCUT2D eigenvalue weighted by molar-refractivity contribution is 5.25.